The zero-order valence-electron chi connectivity index (χ0n) is 20.2. The third-order valence-electron chi connectivity index (χ3n) is 6.93. The van der Waals surface area contributed by atoms with Gasteiger partial charge in [0.2, 0.25) is 17.7 Å². The largest absolute Gasteiger partial charge is 0.372 e. The van der Waals surface area contributed by atoms with Crippen molar-refractivity contribution in [3.8, 4) is 0 Å². The van der Waals surface area contributed by atoms with Gasteiger partial charge in [0.15, 0.2) is 0 Å². The highest BCUT2D eigenvalue weighted by Crippen LogP contribution is 2.33. The van der Waals surface area contributed by atoms with Gasteiger partial charge in [-0.25, -0.2) is 0 Å². The molecule has 0 saturated carbocycles. The predicted octanol–water partition coefficient (Wildman–Crippen LogP) is 2.26. The molecule has 36 heavy (non-hydrogen) atoms. The second-order valence-corrected chi connectivity index (χ2v) is 10.5. The minimum absolute atomic E-state index is 0.0162. The van der Waals surface area contributed by atoms with Crippen molar-refractivity contribution in [2.24, 2.45) is 5.73 Å². The molecular weight excluding hydrogens is 484 g/mol. The molecule has 5 rings (SSSR count). The van der Waals surface area contributed by atoms with Crippen molar-refractivity contribution in [3.05, 3.63) is 35.6 Å². The Labute approximate surface area is 213 Å². The molecule has 2 saturated heterocycles. The molecule has 2 aliphatic rings. The first-order valence-corrected chi connectivity index (χ1v) is 12.3. The van der Waals surface area contributed by atoms with Crippen molar-refractivity contribution in [2.75, 3.05) is 31.6 Å². The number of nitrogens with zero attached hydrogens (tertiary/aromatic N) is 3. The van der Waals surface area contributed by atoms with Crippen LogP contribution in [0, 0.1) is 0 Å². The van der Waals surface area contributed by atoms with E-state index in [2.05, 4.69) is 15.3 Å². The average Bonchev–Trinajstić information content (AvgIpc) is 3.44. The van der Waals surface area contributed by atoms with E-state index in [0.717, 1.165) is 28.2 Å². The standard InChI is InChI=1S/C25H29ClN6O4/c1-25(2)13-31(11-21(33)32-7-3-4-19(32)23(27)34)20(12-36-25)24(35)30-17-9-14(26)8-16-15-5-6-28-10-18(15)29-22(16)17/h5-6,8-10,19-20,29H,3-4,7,11-13H2,1-2H3,(H2,27,34)(H,30,35)/t19-,20+/m1/s1. The number of halogens is 1. The molecule has 2 atom stereocenters. The Balaban J connectivity index is 1.40. The highest BCUT2D eigenvalue weighted by molar-refractivity contribution is 6.33. The molecule has 10 nitrogen and oxygen atoms in total. The Morgan fingerprint density at radius 3 is 2.86 bits per heavy atom. The number of carbonyl (C=O) groups excluding carboxylic acids is 3. The number of benzene rings is 1. The fourth-order valence-electron chi connectivity index (χ4n) is 5.22. The molecule has 2 fully saturated rings. The first-order valence-electron chi connectivity index (χ1n) is 12.0. The van der Waals surface area contributed by atoms with Crippen LogP contribution in [0.15, 0.2) is 30.6 Å². The fourth-order valence-corrected chi connectivity index (χ4v) is 5.44. The minimum Gasteiger partial charge on any atom is -0.372 e. The molecule has 0 radical (unpaired) electrons. The van der Waals surface area contributed by atoms with Crippen molar-refractivity contribution >= 4 is 56.8 Å². The molecule has 2 aromatic heterocycles. The van der Waals surface area contributed by atoms with Crippen molar-refractivity contribution in [1.82, 2.24) is 19.8 Å². The Kier molecular flexibility index (Phi) is 6.36. The van der Waals surface area contributed by atoms with Gasteiger partial charge < -0.3 is 25.7 Å². The summed E-state index contributed by atoms with van der Waals surface area (Å²) in [6.45, 7) is 4.78. The summed E-state index contributed by atoms with van der Waals surface area (Å²) in [5, 5.41) is 5.29. The normalized spacial score (nSPS) is 22.2. The van der Waals surface area contributed by atoms with Gasteiger partial charge in [-0.05, 0) is 44.9 Å². The van der Waals surface area contributed by atoms with Crippen molar-refractivity contribution in [2.45, 2.75) is 44.4 Å². The smallest absolute Gasteiger partial charge is 0.244 e. The third kappa shape index (κ3) is 4.63. The van der Waals surface area contributed by atoms with E-state index in [0.29, 0.717) is 30.2 Å². The highest BCUT2D eigenvalue weighted by atomic mass is 35.5. The summed E-state index contributed by atoms with van der Waals surface area (Å²) in [5.74, 6) is -1.04. The van der Waals surface area contributed by atoms with Gasteiger partial charge in [0.05, 0.1) is 41.7 Å². The van der Waals surface area contributed by atoms with E-state index in [1.807, 2.05) is 30.9 Å². The van der Waals surface area contributed by atoms with Gasteiger partial charge in [0.25, 0.3) is 0 Å². The number of nitrogens with one attached hydrogen (secondary N) is 2. The molecular formula is C25H29ClN6O4. The number of H-pyrrole nitrogens is 1. The van der Waals surface area contributed by atoms with Gasteiger partial charge in [-0.3, -0.25) is 24.3 Å². The van der Waals surface area contributed by atoms with E-state index in [1.165, 1.54) is 4.90 Å². The van der Waals surface area contributed by atoms with E-state index in [4.69, 9.17) is 22.1 Å². The van der Waals surface area contributed by atoms with Crippen LogP contribution in [-0.4, -0.2) is 81.4 Å². The molecule has 4 N–H and O–H groups in total. The number of nitrogens with two attached hydrogens (primary N) is 1. The summed E-state index contributed by atoms with van der Waals surface area (Å²) in [6.07, 6.45) is 4.71. The van der Waals surface area contributed by atoms with Gasteiger partial charge in [-0.15, -0.1) is 0 Å². The van der Waals surface area contributed by atoms with Crippen LogP contribution >= 0.6 is 11.6 Å². The first-order chi connectivity index (χ1) is 17.1. The van der Waals surface area contributed by atoms with Crippen molar-refractivity contribution in [3.63, 3.8) is 0 Å². The maximum atomic E-state index is 13.5. The van der Waals surface area contributed by atoms with Gasteiger partial charge in [-0.1, -0.05) is 11.6 Å². The molecule has 11 heteroatoms. The number of morpholine rings is 1. The molecule has 3 amide bonds. The van der Waals surface area contributed by atoms with Crippen LogP contribution < -0.4 is 11.1 Å². The molecule has 4 heterocycles. The number of pyridine rings is 1. The number of fused-ring (bicyclic) bond motifs is 3. The van der Waals surface area contributed by atoms with Gasteiger partial charge in [-0.2, -0.15) is 0 Å². The molecule has 3 aromatic rings. The molecule has 0 unspecified atom stereocenters. The molecule has 0 aliphatic carbocycles. The number of likely N-dealkylation sites (tertiary alicyclic amines) is 1. The summed E-state index contributed by atoms with van der Waals surface area (Å²) >= 11 is 6.39. The number of hydrogen-bond acceptors (Lipinski definition) is 6. The third-order valence-corrected chi connectivity index (χ3v) is 7.15. The van der Waals surface area contributed by atoms with Gasteiger partial charge in [0, 0.05) is 35.1 Å². The second-order valence-electron chi connectivity index (χ2n) is 10.1. The number of ether oxygens (including phenoxy) is 1. The minimum atomic E-state index is -0.711. The molecule has 1 aromatic carbocycles. The zero-order chi connectivity index (χ0) is 25.6. The van der Waals surface area contributed by atoms with Gasteiger partial charge >= 0.3 is 0 Å². The van der Waals surface area contributed by atoms with E-state index >= 15 is 0 Å². The number of primary amides is 1. The Bertz CT molecular complexity index is 1360. The molecule has 2 aliphatic heterocycles. The van der Waals surface area contributed by atoms with Crippen LogP contribution in [-0.2, 0) is 19.1 Å². The van der Waals surface area contributed by atoms with Gasteiger partial charge in [0.1, 0.15) is 12.1 Å². The van der Waals surface area contributed by atoms with E-state index in [-0.39, 0.29) is 25.0 Å². The topological polar surface area (TPSA) is 134 Å². The lowest BCUT2D eigenvalue weighted by Crippen LogP contribution is -2.60. The average molecular weight is 513 g/mol. The van der Waals surface area contributed by atoms with E-state index < -0.39 is 23.6 Å². The maximum absolute atomic E-state index is 13.5. The van der Waals surface area contributed by atoms with Crippen molar-refractivity contribution < 1.29 is 19.1 Å². The van der Waals surface area contributed by atoms with E-state index in [1.54, 1.807) is 18.5 Å². The Morgan fingerprint density at radius 1 is 1.28 bits per heavy atom. The zero-order valence-corrected chi connectivity index (χ0v) is 21.0. The number of carbonyl (C=O) groups is 3. The SMILES string of the molecule is CC1(C)CN(CC(=O)N2CCC[C@@H]2C(N)=O)[C@H](C(=O)Nc2cc(Cl)cc3c2[nH]c2cnccc23)CO1. The Hall–Kier alpha value is -3.21. The number of aromatic amines is 1. The molecule has 0 bridgehead atoms. The molecule has 0 spiro atoms. The molecule has 190 valence electrons. The Morgan fingerprint density at radius 2 is 2.08 bits per heavy atom. The van der Waals surface area contributed by atoms with Crippen LogP contribution in [0.1, 0.15) is 26.7 Å². The number of aromatic nitrogens is 2. The predicted molar refractivity (Wildman–Crippen MR) is 137 cm³/mol. The summed E-state index contributed by atoms with van der Waals surface area (Å²) in [4.78, 5) is 49.3. The fraction of sp³-hybridized carbons (Fsp3) is 0.440. The van der Waals surface area contributed by atoms with E-state index in [9.17, 15) is 14.4 Å². The van der Waals surface area contributed by atoms with Crippen LogP contribution in [0.3, 0.4) is 0 Å². The number of hydrogen-bond donors (Lipinski definition) is 3. The number of anilines is 1. The van der Waals surface area contributed by atoms with Crippen LogP contribution in [0.5, 0.6) is 0 Å². The summed E-state index contributed by atoms with van der Waals surface area (Å²) in [6, 6.07) is 4.10. The van der Waals surface area contributed by atoms with Crippen LogP contribution in [0.4, 0.5) is 5.69 Å². The number of amides is 3. The monoisotopic (exact) mass is 512 g/mol. The maximum Gasteiger partial charge on any atom is 0.244 e. The van der Waals surface area contributed by atoms with Crippen LogP contribution in [0.2, 0.25) is 5.02 Å². The van der Waals surface area contributed by atoms with Crippen molar-refractivity contribution in [1.29, 1.82) is 0 Å². The first kappa shape index (κ1) is 24.5. The lowest BCUT2D eigenvalue weighted by molar-refractivity contribution is -0.152. The van der Waals surface area contributed by atoms with Crippen LogP contribution in [0.25, 0.3) is 21.8 Å². The summed E-state index contributed by atoms with van der Waals surface area (Å²) < 4.78 is 5.95. The lowest BCUT2D eigenvalue weighted by atomic mass is 10.0. The lowest BCUT2D eigenvalue weighted by Gasteiger charge is -2.43. The summed E-state index contributed by atoms with van der Waals surface area (Å²) in [7, 11) is 0. The second kappa shape index (κ2) is 9.34. The number of rotatable bonds is 5. The highest BCUT2D eigenvalue weighted by Gasteiger charge is 2.41. The quantitative estimate of drug-likeness (QED) is 0.480. The summed E-state index contributed by atoms with van der Waals surface area (Å²) in [5.41, 5.74) is 7.05.